The van der Waals surface area contributed by atoms with Gasteiger partial charge in [0.2, 0.25) is 0 Å². The molecule has 1 saturated heterocycles. The maximum absolute atomic E-state index is 9.86. The highest BCUT2D eigenvalue weighted by molar-refractivity contribution is 6.30. The number of hydrogen-bond donors (Lipinski definition) is 2. The van der Waals surface area contributed by atoms with Crippen LogP contribution in [0.5, 0.6) is 5.75 Å². The topological polar surface area (TPSA) is 43.1 Å². The average molecular weight is 301 g/mol. The number of halogens is 1. The fourth-order valence-electron chi connectivity index (χ4n) is 2.44. The molecule has 1 aliphatic rings. The molecule has 0 amide bonds. The van der Waals surface area contributed by atoms with Crippen molar-refractivity contribution in [3.05, 3.63) is 29.3 Å². The van der Waals surface area contributed by atoms with Crippen LogP contribution in [0, 0.1) is 0 Å². The maximum atomic E-state index is 9.86. The number of quaternary nitrogens is 1. The van der Waals surface area contributed by atoms with Gasteiger partial charge in [-0.3, -0.25) is 0 Å². The van der Waals surface area contributed by atoms with Crippen molar-refractivity contribution in [3.8, 4) is 5.75 Å². The number of hydrogen-bond acceptors (Lipinski definition) is 3. The second-order valence-electron chi connectivity index (χ2n) is 5.19. The zero-order valence-corrected chi connectivity index (χ0v) is 12.4. The van der Waals surface area contributed by atoms with Crippen LogP contribution in [-0.4, -0.2) is 50.7 Å². The minimum Gasteiger partial charge on any atom is -0.491 e. The summed E-state index contributed by atoms with van der Waals surface area (Å²) in [6, 6.07) is 7.24. The van der Waals surface area contributed by atoms with E-state index < -0.39 is 0 Å². The number of rotatable bonds is 8. The largest absolute Gasteiger partial charge is 0.491 e. The summed E-state index contributed by atoms with van der Waals surface area (Å²) in [6.07, 6.45) is 2.18. The molecule has 1 aliphatic heterocycles. The van der Waals surface area contributed by atoms with E-state index in [0.29, 0.717) is 24.8 Å². The quantitative estimate of drug-likeness (QED) is 0.697. The molecule has 1 atom stereocenters. The summed E-state index contributed by atoms with van der Waals surface area (Å²) >= 11 is 5.79. The van der Waals surface area contributed by atoms with Gasteiger partial charge in [0.25, 0.3) is 0 Å². The van der Waals surface area contributed by atoms with Gasteiger partial charge in [0, 0.05) is 17.9 Å². The second kappa shape index (κ2) is 8.47. The Morgan fingerprint density at radius 1 is 1.15 bits per heavy atom. The van der Waals surface area contributed by atoms with Crippen LogP contribution in [0.15, 0.2) is 24.3 Å². The normalized spacial score (nSPS) is 17.3. The molecule has 0 aliphatic carbocycles. The van der Waals surface area contributed by atoms with E-state index in [0.717, 1.165) is 12.3 Å². The molecule has 0 spiro atoms. The van der Waals surface area contributed by atoms with Gasteiger partial charge < -0.3 is 19.5 Å². The van der Waals surface area contributed by atoms with Crippen molar-refractivity contribution in [2.24, 2.45) is 0 Å². The van der Waals surface area contributed by atoms with E-state index in [1.54, 1.807) is 12.1 Å². The molecular formula is C15H23ClNO3+. The number of likely N-dealkylation sites (tertiary alicyclic amines) is 1. The average Bonchev–Trinajstić information content (AvgIpc) is 2.93. The van der Waals surface area contributed by atoms with Gasteiger partial charge in [0.05, 0.1) is 26.3 Å². The minimum atomic E-state index is -0.376. The van der Waals surface area contributed by atoms with Crippen molar-refractivity contribution in [1.82, 2.24) is 0 Å². The summed E-state index contributed by atoms with van der Waals surface area (Å²) in [6.45, 7) is 4.49. The minimum absolute atomic E-state index is 0.376. The van der Waals surface area contributed by atoms with Crippen molar-refractivity contribution < 1.29 is 19.5 Å². The first-order chi connectivity index (χ1) is 9.74. The predicted molar refractivity (Wildman–Crippen MR) is 78.6 cm³/mol. The van der Waals surface area contributed by atoms with Crippen molar-refractivity contribution in [1.29, 1.82) is 0 Å². The van der Waals surface area contributed by atoms with Crippen LogP contribution >= 0.6 is 11.6 Å². The van der Waals surface area contributed by atoms with Gasteiger partial charge >= 0.3 is 0 Å². The van der Waals surface area contributed by atoms with Crippen LogP contribution in [0.25, 0.3) is 0 Å². The van der Waals surface area contributed by atoms with Gasteiger partial charge in [-0.2, -0.15) is 0 Å². The smallest absolute Gasteiger partial charge is 0.126 e. The second-order valence-corrected chi connectivity index (χ2v) is 5.63. The number of nitrogens with one attached hydrogen (secondary N) is 1. The molecule has 0 radical (unpaired) electrons. The van der Waals surface area contributed by atoms with Gasteiger partial charge in [-0.15, -0.1) is 0 Å². The van der Waals surface area contributed by atoms with Crippen LogP contribution in [0.3, 0.4) is 0 Å². The van der Waals surface area contributed by atoms with Crippen LogP contribution < -0.4 is 9.64 Å². The molecule has 20 heavy (non-hydrogen) atoms. The van der Waals surface area contributed by atoms with Crippen molar-refractivity contribution in [3.63, 3.8) is 0 Å². The van der Waals surface area contributed by atoms with Crippen LogP contribution in [0.1, 0.15) is 12.8 Å². The highest BCUT2D eigenvalue weighted by Gasteiger charge is 2.19. The molecule has 1 aromatic rings. The lowest BCUT2D eigenvalue weighted by atomic mass is 10.3. The highest BCUT2D eigenvalue weighted by atomic mass is 35.5. The zero-order valence-electron chi connectivity index (χ0n) is 11.7. The van der Waals surface area contributed by atoms with E-state index >= 15 is 0 Å². The van der Waals surface area contributed by atoms with E-state index in [4.69, 9.17) is 21.1 Å². The zero-order chi connectivity index (χ0) is 14.2. The van der Waals surface area contributed by atoms with Gasteiger partial charge in [0.1, 0.15) is 25.0 Å². The first-order valence-electron chi connectivity index (χ1n) is 7.22. The fourth-order valence-corrected chi connectivity index (χ4v) is 2.57. The Balaban J connectivity index is 1.51. The highest BCUT2D eigenvalue weighted by Crippen LogP contribution is 2.15. The van der Waals surface area contributed by atoms with Gasteiger partial charge in [-0.25, -0.2) is 0 Å². The third-order valence-electron chi connectivity index (χ3n) is 3.46. The van der Waals surface area contributed by atoms with Gasteiger partial charge in [-0.05, 0) is 24.3 Å². The lowest BCUT2D eigenvalue weighted by molar-refractivity contribution is -0.890. The van der Waals surface area contributed by atoms with Crippen LogP contribution in [0.4, 0.5) is 0 Å². The molecule has 0 bridgehead atoms. The summed E-state index contributed by atoms with van der Waals surface area (Å²) in [5.74, 6) is 0.778. The standard InChI is InChI=1S/C15H22ClNO3/c16-13-3-5-15(6-4-13)20-10-9-19-12-14(18)11-17-7-1-2-8-17/h3-6,14,18H,1-2,7-12H2/p+1/t14-/m0/s1. The third kappa shape index (κ3) is 5.67. The van der Waals surface area contributed by atoms with Gasteiger partial charge in [0.15, 0.2) is 0 Å². The van der Waals surface area contributed by atoms with Gasteiger partial charge in [-0.1, -0.05) is 11.6 Å². The number of ether oxygens (including phenoxy) is 2. The molecule has 2 N–H and O–H groups in total. The molecule has 0 saturated carbocycles. The Morgan fingerprint density at radius 2 is 1.85 bits per heavy atom. The van der Waals surface area contributed by atoms with E-state index in [9.17, 15) is 5.11 Å². The Bertz CT molecular complexity index is 379. The van der Waals surface area contributed by atoms with Crippen molar-refractivity contribution in [2.45, 2.75) is 18.9 Å². The van der Waals surface area contributed by atoms with E-state index in [1.807, 2.05) is 12.1 Å². The number of aliphatic hydroxyl groups excluding tert-OH is 1. The summed E-state index contributed by atoms with van der Waals surface area (Å²) in [5, 5.41) is 10.6. The Kier molecular flexibility index (Phi) is 6.60. The van der Waals surface area contributed by atoms with E-state index in [-0.39, 0.29) is 6.10 Å². The molecule has 2 rings (SSSR count). The van der Waals surface area contributed by atoms with Crippen LogP contribution in [0.2, 0.25) is 5.02 Å². The monoisotopic (exact) mass is 300 g/mol. The lowest BCUT2D eigenvalue weighted by Gasteiger charge is -2.16. The first kappa shape index (κ1) is 15.6. The summed E-state index contributed by atoms with van der Waals surface area (Å²) in [4.78, 5) is 1.48. The Labute approximate surface area is 125 Å². The summed E-state index contributed by atoms with van der Waals surface area (Å²) < 4.78 is 10.9. The van der Waals surface area contributed by atoms with Crippen molar-refractivity contribution in [2.75, 3.05) is 39.5 Å². The molecule has 0 aromatic heterocycles. The first-order valence-corrected chi connectivity index (χ1v) is 7.59. The Morgan fingerprint density at radius 3 is 2.55 bits per heavy atom. The number of benzene rings is 1. The van der Waals surface area contributed by atoms with Crippen LogP contribution in [-0.2, 0) is 4.74 Å². The maximum Gasteiger partial charge on any atom is 0.126 e. The fraction of sp³-hybridized carbons (Fsp3) is 0.600. The molecule has 112 valence electrons. The molecule has 5 heteroatoms. The molecule has 1 heterocycles. The van der Waals surface area contributed by atoms with E-state index in [2.05, 4.69) is 0 Å². The number of aliphatic hydroxyl groups is 1. The molecule has 1 aromatic carbocycles. The molecular weight excluding hydrogens is 278 g/mol. The predicted octanol–water partition coefficient (Wildman–Crippen LogP) is 0.775. The third-order valence-corrected chi connectivity index (χ3v) is 3.71. The molecule has 1 fully saturated rings. The SMILES string of the molecule is O[C@H](COCCOc1ccc(Cl)cc1)C[NH+]1CCCC1. The Hall–Kier alpha value is -0.810. The molecule has 0 unspecified atom stereocenters. The summed E-state index contributed by atoms with van der Waals surface area (Å²) in [5.41, 5.74) is 0. The summed E-state index contributed by atoms with van der Waals surface area (Å²) in [7, 11) is 0. The molecule has 4 nitrogen and oxygen atoms in total. The lowest BCUT2D eigenvalue weighted by Crippen LogP contribution is -3.11. The van der Waals surface area contributed by atoms with Crippen molar-refractivity contribution >= 4 is 11.6 Å². The van der Waals surface area contributed by atoms with E-state index in [1.165, 1.54) is 30.8 Å².